The molecule has 1 heterocycles. The Hall–Kier alpha value is -0.860. The summed E-state index contributed by atoms with van der Waals surface area (Å²) in [6, 6.07) is 11.4. The van der Waals surface area contributed by atoms with E-state index in [4.69, 9.17) is 0 Å². The van der Waals surface area contributed by atoms with Crippen molar-refractivity contribution in [3.05, 3.63) is 35.9 Å². The van der Waals surface area contributed by atoms with Gasteiger partial charge in [0.05, 0.1) is 0 Å². The summed E-state index contributed by atoms with van der Waals surface area (Å²) >= 11 is 0. The molecule has 0 aliphatic carbocycles. The number of rotatable bonds is 8. The van der Waals surface area contributed by atoms with Gasteiger partial charge in [-0.1, -0.05) is 51.1 Å². The second-order valence-corrected chi connectivity index (χ2v) is 6.61. The van der Waals surface area contributed by atoms with Crippen molar-refractivity contribution in [2.24, 2.45) is 5.41 Å². The van der Waals surface area contributed by atoms with Crippen molar-refractivity contribution in [3.63, 3.8) is 0 Å². The van der Waals surface area contributed by atoms with E-state index in [1.165, 1.54) is 44.3 Å². The summed E-state index contributed by atoms with van der Waals surface area (Å²) in [6.45, 7) is 11.7. The van der Waals surface area contributed by atoms with Crippen LogP contribution in [-0.4, -0.2) is 31.1 Å². The molecule has 1 aliphatic rings. The Kier molecular flexibility index (Phi) is 6.25. The minimum Gasteiger partial charge on any atom is -0.309 e. The van der Waals surface area contributed by atoms with Gasteiger partial charge >= 0.3 is 0 Å². The van der Waals surface area contributed by atoms with Crippen molar-refractivity contribution in [2.75, 3.05) is 26.2 Å². The van der Waals surface area contributed by atoms with Gasteiger partial charge < -0.3 is 10.2 Å². The van der Waals surface area contributed by atoms with Gasteiger partial charge in [0.1, 0.15) is 0 Å². The third-order valence-corrected chi connectivity index (χ3v) is 5.30. The lowest BCUT2D eigenvalue weighted by atomic mass is 9.82. The second kappa shape index (κ2) is 7.95. The fourth-order valence-electron chi connectivity index (χ4n) is 3.56. The van der Waals surface area contributed by atoms with Crippen molar-refractivity contribution < 1.29 is 0 Å². The molecule has 1 saturated heterocycles. The van der Waals surface area contributed by atoms with Gasteiger partial charge in [-0.3, -0.25) is 0 Å². The molecular weight excluding hydrogens is 256 g/mol. The number of nitrogens with one attached hydrogen (secondary N) is 1. The van der Waals surface area contributed by atoms with Gasteiger partial charge in [-0.05, 0) is 49.8 Å². The third-order valence-electron chi connectivity index (χ3n) is 5.30. The average molecular weight is 288 g/mol. The van der Waals surface area contributed by atoms with Crippen LogP contribution >= 0.6 is 0 Å². The minimum absolute atomic E-state index is 0.468. The summed E-state index contributed by atoms with van der Waals surface area (Å²) in [7, 11) is 0. The van der Waals surface area contributed by atoms with E-state index >= 15 is 0 Å². The summed E-state index contributed by atoms with van der Waals surface area (Å²) in [6.07, 6.45) is 5.20. The molecule has 1 aromatic rings. The van der Waals surface area contributed by atoms with Crippen molar-refractivity contribution in [1.29, 1.82) is 0 Å². The summed E-state index contributed by atoms with van der Waals surface area (Å²) in [5.74, 6) is 0. The Bertz CT molecular complexity index is 397. The summed E-state index contributed by atoms with van der Waals surface area (Å²) < 4.78 is 0. The molecule has 1 atom stereocenters. The fourth-order valence-corrected chi connectivity index (χ4v) is 3.56. The first-order valence-electron chi connectivity index (χ1n) is 8.73. The monoisotopic (exact) mass is 288 g/mol. The van der Waals surface area contributed by atoms with Crippen molar-refractivity contribution in [2.45, 2.75) is 52.5 Å². The molecule has 1 aliphatic heterocycles. The highest BCUT2D eigenvalue weighted by Gasteiger charge is 2.35. The van der Waals surface area contributed by atoms with Crippen LogP contribution in [-0.2, 0) is 0 Å². The maximum absolute atomic E-state index is 3.73. The maximum atomic E-state index is 3.73. The van der Waals surface area contributed by atoms with Crippen LogP contribution in [0.4, 0.5) is 0 Å². The Balaban J connectivity index is 2.00. The number of hydrogen-bond acceptors (Lipinski definition) is 2. The lowest BCUT2D eigenvalue weighted by molar-refractivity contribution is 0.225. The zero-order chi connectivity index (χ0) is 15.1. The number of likely N-dealkylation sites (tertiary alicyclic amines) is 1. The predicted octanol–water partition coefficient (Wildman–Crippen LogP) is 4.24. The van der Waals surface area contributed by atoms with Crippen molar-refractivity contribution in [1.82, 2.24) is 10.2 Å². The maximum Gasteiger partial charge on any atom is 0.0449 e. The molecule has 0 bridgehead atoms. The minimum atomic E-state index is 0.468. The summed E-state index contributed by atoms with van der Waals surface area (Å²) in [5.41, 5.74) is 2.00. The number of benzene rings is 1. The van der Waals surface area contributed by atoms with Gasteiger partial charge in [-0.2, -0.15) is 0 Å². The SMILES string of the molecule is CCCNC(CN1CCC(CC)(CC)C1)c1ccccc1. The fraction of sp³-hybridized carbons (Fsp3) is 0.684. The van der Waals surface area contributed by atoms with E-state index in [1.807, 2.05) is 0 Å². The second-order valence-electron chi connectivity index (χ2n) is 6.61. The predicted molar refractivity (Wildman–Crippen MR) is 91.5 cm³/mol. The molecule has 1 fully saturated rings. The first-order valence-corrected chi connectivity index (χ1v) is 8.73. The zero-order valence-electron chi connectivity index (χ0n) is 14.1. The lowest BCUT2D eigenvalue weighted by Gasteiger charge is -2.29. The van der Waals surface area contributed by atoms with Crippen LogP contribution in [0.3, 0.4) is 0 Å². The molecule has 2 heteroatoms. The highest BCUT2D eigenvalue weighted by atomic mass is 15.2. The molecule has 1 N–H and O–H groups in total. The van der Waals surface area contributed by atoms with E-state index in [-0.39, 0.29) is 0 Å². The number of nitrogens with zero attached hydrogens (tertiary/aromatic N) is 1. The molecule has 2 nitrogen and oxygen atoms in total. The molecule has 21 heavy (non-hydrogen) atoms. The van der Waals surface area contributed by atoms with E-state index < -0.39 is 0 Å². The lowest BCUT2D eigenvalue weighted by Crippen LogP contribution is -2.35. The quantitative estimate of drug-likeness (QED) is 0.769. The standard InChI is InChI=1S/C19H32N2/c1-4-13-20-18(17-10-8-7-9-11-17)15-21-14-12-19(5-2,6-3)16-21/h7-11,18,20H,4-6,12-16H2,1-3H3. The number of hydrogen-bond donors (Lipinski definition) is 1. The van der Waals surface area contributed by atoms with E-state index in [0.29, 0.717) is 11.5 Å². The molecule has 0 spiro atoms. The van der Waals surface area contributed by atoms with Crippen LogP contribution in [0.5, 0.6) is 0 Å². The molecule has 2 rings (SSSR count). The van der Waals surface area contributed by atoms with E-state index in [2.05, 4.69) is 61.3 Å². The van der Waals surface area contributed by atoms with Crippen LogP contribution in [0.15, 0.2) is 30.3 Å². The van der Waals surface area contributed by atoms with E-state index in [0.717, 1.165) is 13.1 Å². The van der Waals surface area contributed by atoms with Crippen molar-refractivity contribution >= 4 is 0 Å². The third kappa shape index (κ3) is 4.31. The van der Waals surface area contributed by atoms with Gasteiger partial charge in [0.15, 0.2) is 0 Å². The summed E-state index contributed by atoms with van der Waals surface area (Å²) in [5, 5.41) is 3.73. The Morgan fingerprint density at radius 2 is 1.86 bits per heavy atom. The van der Waals surface area contributed by atoms with Crippen molar-refractivity contribution in [3.8, 4) is 0 Å². The van der Waals surface area contributed by atoms with Gasteiger partial charge in [-0.15, -0.1) is 0 Å². The first kappa shape index (κ1) is 16.5. The van der Waals surface area contributed by atoms with Crippen LogP contribution in [0.25, 0.3) is 0 Å². The normalized spacial score (nSPS) is 19.8. The Morgan fingerprint density at radius 3 is 2.43 bits per heavy atom. The van der Waals surface area contributed by atoms with Gasteiger partial charge in [0.25, 0.3) is 0 Å². The molecular formula is C19H32N2. The molecule has 118 valence electrons. The summed E-state index contributed by atoms with van der Waals surface area (Å²) in [4.78, 5) is 2.67. The van der Waals surface area contributed by atoms with Gasteiger partial charge in [0, 0.05) is 19.1 Å². The van der Waals surface area contributed by atoms with Gasteiger partial charge in [-0.25, -0.2) is 0 Å². The molecule has 1 unspecified atom stereocenters. The van der Waals surface area contributed by atoms with Gasteiger partial charge in [0.2, 0.25) is 0 Å². The average Bonchev–Trinajstić information content (AvgIpc) is 2.96. The molecule has 0 amide bonds. The molecule has 0 saturated carbocycles. The van der Waals surface area contributed by atoms with E-state index in [9.17, 15) is 0 Å². The highest BCUT2D eigenvalue weighted by Crippen LogP contribution is 2.37. The zero-order valence-corrected chi connectivity index (χ0v) is 14.1. The smallest absolute Gasteiger partial charge is 0.0449 e. The van der Waals surface area contributed by atoms with Crippen LogP contribution in [0.2, 0.25) is 0 Å². The van der Waals surface area contributed by atoms with E-state index in [1.54, 1.807) is 0 Å². The highest BCUT2D eigenvalue weighted by molar-refractivity contribution is 5.19. The van der Waals surface area contributed by atoms with Crippen LogP contribution in [0.1, 0.15) is 58.1 Å². The Labute approximate surface area is 130 Å². The topological polar surface area (TPSA) is 15.3 Å². The largest absolute Gasteiger partial charge is 0.309 e. The van der Waals surface area contributed by atoms with Crippen LogP contribution < -0.4 is 5.32 Å². The first-order chi connectivity index (χ1) is 10.2. The Morgan fingerprint density at radius 1 is 1.14 bits per heavy atom. The molecule has 0 aromatic heterocycles. The molecule has 1 aromatic carbocycles. The van der Waals surface area contributed by atoms with Crippen LogP contribution in [0, 0.1) is 5.41 Å². The molecule has 0 radical (unpaired) electrons.